The number of aromatic carboxylic acids is 1. The summed E-state index contributed by atoms with van der Waals surface area (Å²) in [5, 5.41) is 10.7. The largest absolute Gasteiger partial charge is 0.478 e. The first-order valence-electron chi connectivity index (χ1n) is 5.33. The summed E-state index contributed by atoms with van der Waals surface area (Å²) >= 11 is 13.6. The molecule has 1 N–H and O–H groups in total. The normalized spacial score (nSPS) is 10.4. The van der Waals surface area contributed by atoms with Gasteiger partial charge in [-0.15, -0.1) is 11.8 Å². The highest BCUT2D eigenvalue weighted by Gasteiger charge is 2.07. The van der Waals surface area contributed by atoms with Gasteiger partial charge in [0.25, 0.3) is 0 Å². The Kier molecular flexibility index (Phi) is 4.69. The predicted molar refractivity (Wildman–Crippen MR) is 77.2 cm³/mol. The lowest BCUT2D eigenvalue weighted by molar-refractivity contribution is 0.0696. The molecule has 0 saturated heterocycles. The van der Waals surface area contributed by atoms with E-state index in [1.165, 1.54) is 24.0 Å². The molecule has 0 atom stereocenters. The number of rotatable bonds is 4. The number of carboxylic acid groups (broad SMARTS) is 1. The second-order valence-electron chi connectivity index (χ2n) is 3.68. The van der Waals surface area contributed by atoms with Crippen molar-refractivity contribution in [2.75, 3.05) is 0 Å². The number of thioether (sulfide) groups is 1. The minimum atomic E-state index is -0.988. The first-order chi connectivity index (χ1) is 9.08. The highest BCUT2D eigenvalue weighted by Crippen LogP contribution is 2.30. The SMILES string of the molecule is O=C(O)c1ccc(SCc2c(Cl)cccc2Cl)nc1. The maximum Gasteiger partial charge on any atom is 0.337 e. The Hall–Kier alpha value is -1.23. The summed E-state index contributed by atoms with van der Waals surface area (Å²) in [5.74, 6) is -0.407. The van der Waals surface area contributed by atoms with Crippen LogP contribution in [0.3, 0.4) is 0 Å². The number of hydrogen-bond donors (Lipinski definition) is 1. The van der Waals surface area contributed by atoms with E-state index in [2.05, 4.69) is 4.98 Å². The lowest BCUT2D eigenvalue weighted by atomic mass is 10.2. The summed E-state index contributed by atoms with van der Waals surface area (Å²) in [6.07, 6.45) is 1.33. The van der Waals surface area contributed by atoms with Crippen LogP contribution in [-0.2, 0) is 5.75 Å². The number of aromatic nitrogens is 1. The molecule has 0 aliphatic heterocycles. The van der Waals surface area contributed by atoms with Crippen molar-refractivity contribution < 1.29 is 9.90 Å². The molecule has 0 radical (unpaired) electrons. The molecular weight excluding hydrogens is 305 g/mol. The van der Waals surface area contributed by atoms with Crippen molar-refractivity contribution in [2.45, 2.75) is 10.8 Å². The van der Waals surface area contributed by atoms with Crippen LogP contribution in [0.5, 0.6) is 0 Å². The average molecular weight is 314 g/mol. The van der Waals surface area contributed by atoms with Crippen molar-refractivity contribution in [1.82, 2.24) is 4.98 Å². The van der Waals surface area contributed by atoms with Gasteiger partial charge in [-0.1, -0.05) is 29.3 Å². The van der Waals surface area contributed by atoms with E-state index in [1.54, 1.807) is 24.3 Å². The molecule has 0 bridgehead atoms. The molecule has 0 aliphatic carbocycles. The van der Waals surface area contributed by atoms with Gasteiger partial charge in [0.05, 0.1) is 10.6 Å². The van der Waals surface area contributed by atoms with Crippen molar-refractivity contribution in [3.63, 3.8) is 0 Å². The lowest BCUT2D eigenvalue weighted by Crippen LogP contribution is -1.96. The van der Waals surface area contributed by atoms with Crippen molar-refractivity contribution in [2.24, 2.45) is 0 Å². The molecule has 0 saturated carbocycles. The molecule has 0 unspecified atom stereocenters. The van der Waals surface area contributed by atoms with Gasteiger partial charge in [-0.05, 0) is 29.8 Å². The van der Waals surface area contributed by atoms with Crippen LogP contribution >= 0.6 is 35.0 Å². The fraction of sp³-hybridized carbons (Fsp3) is 0.0769. The van der Waals surface area contributed by atoms with Gasteiger partial charge in [-0.25, -0.2) is 9.78 Å². The standard InChI is InChI=1S/C13H9Cl2NO2S/c14-10-2-1-3-11(15)9(10)7-19-12-5-4-8(6-16-12)13(17)18/h1-6H,7H2,(H,17,18). The quantitative estimate of drug-likeness (QED) is 0.851. The molecule has 0 spiro atoms. The van der Waals surface area contributed by atoms with Gasteiger partial charge >= 0.3 is 5.97 Å². The van der Waals surface area contributed by atoms with Gasteiger partial charge in [0.2, 0.25) is 0 Å². The average Bonchev–Trinajstić information content (AvgIpc) is 2.38. The number of nitrogens with zero attached hydrogens (tertiary/aromatic N) is 1. The molecule has 1 heterocycles. The predicted octanol–water partition coefficient (Wildman–Crippen LogP) is 4.38. The van der Waals surface area contributed by atoms with E-state index in [4.69, 9.17) is 28.3 Å². The van der Waals surface area contributed by atoms with E-state index < -0.39 is 5.97 Å². The number of benzene rings is 1. The van der Waals surface area contributed by atoms with E-state index in [1.807, 2.05) is 0 Å². The zero-order valence-electron chi connectivity index (χ0n) is 9.64. The van der Waals surface area contributed by atoms with E-state index in [0.29, 0.717) is 15.8 Å². The Morgan fingerprint density at radius 1 is 1.21 bits per heavy atom. The Bertz CT molecular complexity index is 582. The first-order valence-corrected chi connectivity index (χ1v) is 7.07. The van der Waals surface area contributed by atoms with E-state index in [9.17, 15) is 4.79 Å². The number of carboxylic acids is 1. The van der Waals surface area contributed by atoms with E-state index >= 15 is 0 Å². The summed E-state index contributed by atoms with van der Waals surface area (Å²) in [6, 6.07) is 8.54. The zero-order chi connectivity index (χ0) is 13.8. The van der Waals surface area contributed by atoms with Crippen LogP contribution in [0.2, 0.25) is 10.0 Å². The Balaban J connectivity index is 2.08. The minimum Gasteiger partial charge on any atom is -0.478 e. The second-order valence-corrected chi connectivity index (χ2v) is 5.49. The fourth-order valence-electron chi connectivity index (χ4n) is 1.41. The molecule has 6 heteroatoms. The van der Waals surface area contributed by atoms with Crippen LogP contribution in [0.15, 0.2) is 41.6 Å². The molecular formula is C13H9Cl2NO2S. The Morgan fingerprint density at radius 3 is 2.42 bits per heavy atom. The topological polar surface area (TPSA) is 50.2 Å². The number of halogens is 2. The molecule has 98 valence electrons. The Labute approximate surface area is 124 Å². The van der Waals surface area contributed by atoms with E-state index in [-0.39, 0.29) is 5.56 Å². The van der Waals surface area contributed by atoms with Gasteiger partial charge in [0.1, 0.15) is 0 Å². The van der Waals surface area contributed by atoms with Gasteiger partial charge in [-0.3, -0.25) is 0 Å². The molecule has 0 fully saturated rings. The summed E-state index contributed by atoms with van der Waals surface area (Å²) in [5.41, 5.74) is 1.01. The second kappa shape index (κ2) is 6.28. The molecule has 2 rings (SSSR count). The summed E-state index contributed by atoms with van der Waals surface area (Å²) < 4.78 is 0. The van der Waals surface area contributed by atoms with Crippen LogP contribution < -0.4 is 0 Å². The third-order valence-electron chi connectivity index (χ3n) is 2.41. The molecule has 3 nitrogen and oxygen atoms in total. The van der Waals surface area contributed by atoms with Crippen LogP contribution in [0, 0.1) is 0 Å². The fourth-order valence-corrected chi connectivity index (χ4v) is 2.99. The highest BCUT2D eigenvalue weighted by molar-refractivity contribution is 7.98. The van der Waals surface area contributed by atoms with Gasteiger partial charge in [0, 0.05) is 22.0 Å². The minimum absolute atomic E-state index is 0.167. The molecule has 1 aromatic heterocycles. The highest BCUT2D eigenvalue weighted by atomic mass is 35.5. The summed E-state index contributed by atoms with van der Waals surface area (Å²) in [4.78, 5) is 14.8. The smallest absolute Gasteiger partial charge is 0.337 e. The van der Waals surface area contributed by atoms with Crippen molar-refractivity contribution in [3.8, 4) is 0 Å². The molecule has 1 aromatic carbocycles. The molecule has 2 aromatic rings. The molecule has 0 amide bonds. The van der Waals surface area contributed by atoms with Gasteiger partial charge in [0.15, 0.2) is 0 Å². The Morgan fingerprint density at radius 2 is 1.89 bits per heavy atom. The summed E-state index contributed by atoms with van der Waals surface area (Å²) in [6.45, 7) is 0. The van der Waals surface area contributed by atoms with Gasteiger partial charge in [-0.2, -0.15) is 0 Å². The van der Waals surface area contributed by atoms with Crippen LogP contribution in [0.4, 0.5) is 0 Å². The van der Waals surface area contributed by atoms with Crippen LogP contribution in [0.1, 0.15) is 15.9 Å². The first kappa shape index (κ1) is 14.2. The van der Waals surface area contributed by atoms with Crippen LogP contribution in [0.25, 0.3) is 0 Å². The van der Waals surface area contributed by atoms with Crippen molar-refractivity contribution >= 4 is 40.9 Å². The number of pyridine rings is 1. The lowest BCUT2D eigenvalue weighted by Gasteiger charge is -2.06. The van der Waals surface area contributed by atoms with Crippen molar-refractivity contribution in [3.05, 3.63) is 57.7 Å². The monoisotopic (exact) mass is 313 g/mol. The third kappa shape index (κ3) is 3.62. The maximum absolute atomic E-state index is 10.7. The zero-order valence-corrected chi connectivity index (χ0v) is 12.0. The summed E-state index contributed by atoms with van der Waals surface area (Å²) in [7, 11) is 0. The number of carbonyl (C=O) groups is 1. The molecule has 19 heavy (non-hydrogen) atoms. The van der Waals surface area contributed by atoms with E-state index in [0.717, 1.165) is 10.6 Å². The maximum atomic E-state index is 10.7. The van der Waals surface area contributed by atoms with Crippen LogP contribution in [-0.4, -0.2) is 16.1 Å². The third-order valence-corrected chi connectivity index (χ3v) is 4.09. The number of hydrogen-bond acceptors (Lipinski definition) is 3. The van der Waals surface area contributed by atoms with Gasteiger partial charge < -0.3 is 5.11 Å². The molecule has 0 aliphatic rings. The van der Waals surface area contributed by atoms with Crippen molar-refractivity contribution in [1.29, 1.82) is 0 Å².